The molecule has 6 N–H and O–H groups in total. The molecule has 0 spiro atoms. The van der Waals surface area contributed by atoms with Gasteiger partial charge in [-0.05, 0) is 18.4 Å². The van der Waals surface area contributed by atoms with Gasteiger partial charge in [0.05, 0.1) is 12.2 Å². The predicted molar refractivity (Wildman–Crippen MR) is 39.7 cm³/mol. The number of carbonyl (C=O) groups is 1. The van der Waals surface area contributed by atoms with E-state index in [1.54, 1.807) is 0 Å². The largest absolute Gasteiger partial charge is 0.405 e. The number of rotatable bonds is 3. The normalized spacial score (nSPS) is 12.3. The van der Waals surface area contributed by atoms with E-state index >= 15 is 0 Å². The van der Waals surface area contributed by atoms with Gasteiger partial charge in [-0.15, -0.1) is 0 Å². The van der Waals surface area contributed by atoms with Crippen LogP contribution < -0.4 is 17.2 Å². The molecular weight excluding hydrogens is 130 g/mol. The van der Waals surface area contributed by atoms with Crippen molar-refractivity contribution in [3.8, 4) is 0 Å². The van der Waals surface area contributed by atoms with E-state index in [-0.39, 0.29) is 18.0 Å². The lowest BCUT2D eigenvalue weighted by molar-refractivity contribution is -0.114. The lowest BCUT2D eigenvalue weighted by Crippen LogP contribution is -2.20. The molecule has 10 heavy (non-hydrogen) atoms. The number of nitrogens with two attached hydrogens (primary N) is 3. The third-order valence-electron chi connectivity index (χ3n) is 0.894. The molecule has 0 aromatic carbocycles. The molecule has 4 nitrogen and oxygen atoms in total. The van der Waals surface area contributed by atoms with Gasteiger partial charge in [0, 0.05) is 0 Å². The van der Waals surface area contributed by atoms with E-state index in [1.165, 1.54) is 18.4 Å². The van der Waals surface area contributed by atoms with Crippen molar-refractivity contribution < 1.29 is 4.79 Å². The zero-order valence-corrected chi connectivity index (χ0v) is 5.58. The SMILES string of the molecule is N/C=C\C=C(/N)C(=O)CN. The fourth-order valence-electron chi connectivity index (χ4n) is 0.370. The molecule has 0 rings (SSSR count). The Morgan fingerprint density at radius 2 is 2.10 bits per heavy atom. The van der Waals surface area contributed by atoms with Crippen molar-refractivity contribution in [3.63, 3.8) is 0 Å². The van der Waals surface area contributed by atoms with Crippen molar-refractivity contribution in [2.45, 2.75) is 0 Å². The van der Waals surface area contributed by atoms with Crippen LogP contribution in [0.2, 0.25) is 0 Å². The Morgan fingerprint density at radius 1 is 1.50 bits per heavy atom. The molecule has 0 atom stereocenters. The molecule has 0 aliphatic carbocycles. The standard InChI is InChI=1S/C6H11N3O/c7-3-1-2-5(9)6(10)4-8/h1-3H,4,7-9H2/b3-1-,5-2-. The molecule has 0 aromatic rings. The molecule has 0 heterocycles. The quantitative estimate of drug-likeness (QED) is 0.341. The molecule has 0 saturated carbocycles. The molecule has 0 aromatic heterocycles. The van der Waals surface area contributed by atoms with Crippen molar-refractivity contribution in [2.75, 3.05) is 6.54 Å². The third kappa shape index (κ3) is 2.88. The topological polar surface area (TPSA) is 95.1 Å². The summed E-state index contributed by atoms with van der Waals surface area (Å²) >= 11 is 0. The molecule has 0 bridgehead atoms. The van der Waals surface area contributed by atoms with Gasteiger partial charge in [-0.1, -0.05) is 0 Å². The Bertz CT molecular complexity index is 172. The van der Waals surface area contributed by atoms with Gasteiger partial charge in [-0.25, -0.2) is 0 Å². The molecule has 0 aliphatic rings. The van der Waals surface area contributed by atoms with Crippen molar-refractivity contribution in [3.05, 3.63) is 24.0 Å². The first kappa shape index (κ1) is 8.71. The third-order valence-corrected chi connectivity index (χ3v) is 0.894. The maximum Gasteiger partial charge on any atom is 0.191 e. The Morgan fingerprint density at radius 3 is 2.50 bits per heavy atom. The molecule has 0 aliphatic heterocycles. The highest BCUT2D eigenvalue weighted by Crippen LogP contribution is 1.84. The van der Waals surface area contributed by atoms with Gasteiger partial charge in [-0.3, -0.25) is 4.79 Å². The van der Waals surface area contributed by atoms with Gasteiger partial charge in [0.25, 0.3) is 0 Å². The smallest absolute Gasteiger partial charge is 0.191 e. The predicted octanol–water partition coefficient (Wildman–Crippen LogP) is -1.17. The van der Waals surface area contributed by atoms with Crippen LogP contribution in [0, 0.1) is 0 Å². The fourth-order valence-corrected chi connectivity index (χ4v) is 0.370. The molecule has 0 saturated heterocycles. The van der Waals surface area contributed by atoms with E-state index in [0.29, 0.717) is 0 Å². The molecule has 56 valence electrons. The Hall–Kier alpha value is -1.29. The van der Waals surface area contributed by atoms with E-state index in [0.717, 1.165) is 0 Å². The first-order chi connectivity index (χ1) is 4.72. The van der Waals surface area contributed by atoms with E-state index in [1.807, 2.05) is 0 Å². The Balaban J connectivity index is 4.05. The average Bonchev–Trinajstić information content (AvgIpc) is 1.98. The Labute approximate surface area is 59.4 Å². The summed E-state index contributed by atoms with van der Waals surface area (Å²) in [5.74, 6) is -0.280. The van der Waals surface area contributed by atoms with Crippen molar-refractivity contribution in [1.29, 1.82) is 0 Å². The van der Waals surface area contributed by atoms with Gasteiger partial charge in [0.15, 0.2) is 5.78 Å². The average molecular weight is 141 g/mol. The lowest BCUT2D eigenvalue weighted by Gasteiger charge is -1.92. The maximum absolute atomic E-state index is 10.6. The summed E-state index contributed by atoms with van der Waals surface area (Å²) in [6.45, 7) is -0.0687. The van der Waals surface area contributed by atoms with Crippen LogP contribution in [0.25, 0.3) is 0 Å². The summed E-state index contributed by atoms with van der Waals surface area (Å²) in [5.41, 5.74) is 15.4. The molecule has 0 radical (unpaired) electrons. The van der Waals surface area contributed by atoms with Crippen molar-refractivity contribution in [1.82, 2.24) is 0 Å². The van der Waals surface area contributed by atoms with E-state index < -0.39 is 0 Å². The maximum atomic E-state index is 10.6. The molecule has 4 heteroatoms. The molecule has 0 amide bonds. The van der Waals surface area contributed by atoms with Gasteiger partial charge in [0.2, 0.25) is 0 Å². The zero-order valence-electron chi connectivity index (χ0n) is 5.58. The highest BCUT2D eigenvalue weighted by Gasteiger charge is 1.98. The first-order valence-electron chi connectivity index (χ1n) is 2.79. The van der Waals surface area contributed by atoms with Gasteiger partial charge in [0.1, 0.15) is 0 Å². The number of allylic oxidation sites excluding steroid dienone is 2. The van der Waals surface area contributed by atoms with Crippen LogP contribution in [0.15, 0.2) is 24.0 Å². The van der Waals surface area contributed by atoms with Crippen LogP contribution in [-0.2, 0) is 4.79 Å². The van der Waals surface area contributed by atoms with E-state index in [4.69, 9.17) is 17.2 Å². The second-order valence-corrected chi connectivity index (χ2v) is 1.63. The van der Waals surface area contributed by atoms with Crippen LogP contribution in [0.3, 0.4) is 0 Å². The zero-order chi connectivity index (χ0) is 7.98. The summed E-state index contributed by atoms with van der Waals surface area (Å²) in [6, 6.07) is 0. The van der Waals surface area contributed by atoms with Crippen molar-refractivity contribution >= 4 is 5.78 Å². The number of hydrogen-bond donors (Lipinski definition) is 3. The lowest BCUT2D eigenvalue weighted by atomic mass is 10.3. The summed E-state index contributed by atoms with van der Waals surface area (Å²) in [4.78, 5) is 10.6. The monoisotopic (exact) mass is 141 g/mol. The minimum absolute atomic E-state index is 0.0687. The molecular formula is C6H11N3O. The summed E-state index contributed by atoms with van der Waals surface area (Å²) in [7, 11) is 0. The minimum Gasteiger partial charge on any atom is -0.405 e. The highest BCUT2D eigenvalue weighted by molar-refractivity contribution is 5.96. The number of carbonyl (C=O) groups excluding carboxylic acids is 1. The Kier molecular flexibility index (Phi) is 3.99. The molecule has 0 fully saturated rings. The summed E-state index contributed by atoms with van der Waals surface area (Å²) in [6.07, 6.45) is 4.18. The van der Waals surface area contributed by atoms with Crippen LogP contribution in [0.1, 0.15) is 0 Å². The second kappa shape index (κ2) is 4.58. The number of hydrogen-bond acceptors (Lipinski definition) is 4. The van der Waals surface area contributed by atoms with Crippen LogP contribution in [0.4, 0.5) is 0 Å². The number of Topliss-reactive ketones (excluding diaryl/α,β-unsaturated/α-hetero) is 1. The van der Waals surface area contributed by atoms with E-state index in [9.17, 15) is 4.79 Å². The van der Waals surface area contributed by atoms with Gasteiger partial charge >= 0.3 is 0 Å². The van der Waals surface area contributed by atoms with Crippen LogP contribution >= 0.6 is 0 Å². The fraction of sp³-hybridized carbons (Fsp3) is 0.167. The minimum atomic E-state index is -0.280. The first-order valence-corrected chi connectivity index (χ1v) is 2.79. The van der Waals surface area contributed by atoms with Crippen molar-refractivity contribution in [2.24, 2.45) is 17.2 Å². The second-order valence-electron chi connectivity index (χ2n) is 1.63. The number of ketones is 1. The van der Waals surface area contributed by atoms with Crippen LogP contribution in [-0.4, -0.2) is 12.3 Å². The highest BCUT2D eigenvalue weighted by atomic mass is 16.1. The summed E-state index contributed by atoms with van der Waals surface area (Å²) in [5, 5.41) is 0. The van der Waals surface area contributed by atoms with Gasteiger partial charge < -0.3 is 17.2 Å². The molecule has 0 unspecified atom stereocenters. The van der Waals surface area contributed by atoms with E-state index in [2.05, 4.69) is 0 Å². The van der Waals surface area contributed by atoms with Gasteiger partial charge in [-0.2, -0.15) is 0 Å². The van der Waals surface area contributed by atoms with Crippen LogP contribution in [0.5, 0.6) is 0 Å². The summed E-state index contributed by atoms with van der Waals surface area (Å²) < 4.78 is 0.